The molecule has 4 rings (SSSR count). The molecule has 122 valence electrons. The number of carbonyl (C=O) groups excluding carboxylic acids is 1. The fourth-order valence-corrected chi connectivity index (χ4v) is 3.01. The van der Waals surface area contributed by atoms with Crippen molar-refractivity contribution >= 4 is 22.4 Å². The quantitative estimate of drug-likeness (QED) is 0.739. The molecule has 24 heavy (non-hydrogen) atoms. The van der Waals surface area contributed by atoms with Crippen molar-refractivity contribution in [1.29, 1.82) is 0 Å². The van der Waals surface area contributed by atoms with Crippen molar-refractivity contribution in [1.82, 2.24) is 15.4 Å². The maximum Gasteiger partial charge on any atom is 0.296 e. The van der Waals surface area contributed by atoms with Gasteiger partial charge in [0.25, 0.3) is 11.8 Å². The van der Waals surface area contributed by atoms with E-state index in [2.05, 4.69) is 20.7 Å². The van der Waals surface area contributed by atoms with Crippen LogP contribution in [0.25, 0.3) is 0 Å². The average Bonchev–Trinajstić information content (AvgIpc) is 3.17. The molecule has 0 aliphatic heterocycles. The zero-order valence-electron chi connectivity index (χ0n) is 12.6. The Morgan fingerprint density at radius 2 is 2.12 bits per heavy atom. The second kappa shape index (κ2) is 6.40. The van der Waals surface area contributed by atoms with E-state index in [4.69, 9.17) is 9.26 Å². The normalized spacial score (nSPS) is 13.7. The van der Waals surface area contributed by atoms with E-state index in [0.29, 0.717) is 17.7 Å². The van der Waals surface area contributed by atoms with Crippen LogP contribution in [0.15, 0.2) is 40.9 Å². The average molecular weight is 342 g/mol. The first-order valence-electron chi connectivity index (χ1n) is 7.56. The highest BCUT2D eigenvalue weighted by atomic mass is 32.1. The number of rotatable bonds is 6. The minimum absolute atomic E-state index is 0.0706. The molecule has 1 saturated carbocycles. The zero-order valence-corrected chi connectivity index (χ0v) is 13.5. The van der Waals surface area contributed by atoms with Gasteiger partial charge in [0.1, 0.15) is 11.6 Å². The fourth-order valence-electron chi connectivity index (χ4n) is 2.10. The molecular weight excluding hydrogens is 328 g/mol. The molecule has 1 N–H and O–H groups in total. The predicted molar refractivity (Wildman–Crippen MR) is 87.1 cm³/mol. The van der Waals surface area contributed by atoms with E-state index in [1.54, 1.807) is 0 Å². The number of benzene rings is 1. The summed E-state index contributed by atoms with van der Waals surface area (Å²) < 4.78 is 10.5. The van der Waals surface area contributed by atoms with Gasteiger partial charge in [0, 0.05) is 5.92 Å². The van der Waals surface area contributed by atoms with E-state index < -0.39 is 5.91 Å². The van der Waals surface area contributed by atoms with Gasteiger partial charge in [-0.15, -0.1) is 10.2 Å². The topological polar surface area (TPSA) is 90.1 Å². The van der Waals surface area contributed by atoms with Gasteiger partial charge in [0.05, 0.1) is 6.07 Å². The molecule has 0 radical (unpaired) electrons. The molecule has 1 aromatic carbocycles. The first-order valence-corrected chi connectivity index (χ1v) is 8.38. The predicted octanol–water partition coefficient (Wildman–Crippen LogP) is 3.23. The Balaban J connectivity index is 1.35. The van der Waals surface area contributed by atoms with Gasteiger partial charge < -0.3 is 9.26 Å². The molecule has 7 nitrogen and oxygen atoms in total. The Hall–Kier alpha value is -2.74. The Bertz CT molecular complexity index is 842. The van der Waals surface area contributed by atoms with Crippen LogP contribution in [0, 0.1) is 0 Å². The van der Waals surface area contributed by atoms with Crippen molar-refractivity contribution in [3.8, 4) is 5.88 Å². The summed E-state index contributed by atoms with van der Waals surface area (Å²) in [6.45, 7) is 0.357. The van der Waals surface area contributed by atoms with Crippen molar-refractivity contribution in [2.24, 2.45) is 0 Å². The molecule has 1 fully saturated rings. The lowest BCUT2D eigenvalue weighted by molar-refractivity contribution is 0.0987. The van der Waals surface area contributed by atoms with Crippen LogP contribution in [0.1, 0.15) is 39.9 Å². The molecule has 0 unspecified atom stereocenters. The highest BCUT2D eigenvalue weighted by Crippen LogP contribution is 2.42. The Morgan fingerprint density at radius 1 is 1.29 bits per heavy atom. The van der Waals surface area contributed by atoms with E-state index in [1.165, 1.54) is 17.4 Å². The number of nitrogens with one attached hydrogen (secondary N) is 1. The van der Waals surface area contributed by atoms with Crippen LogP contribution in [0.5, 0.6) is 5.88 Å². The van der Waals surface area contributed by atoms with Crippen molar-refractivity contribution in [3.05, 3.63) is 52.7 Å². The third-order valence-corrected chi connectivity index (χ3v) is 4.53. The number of amides is 1. The van der Waals surface area contributed by atoms with E-state index in [0.717, 1.165) is 23.4 Å². The van der Waals surface area contributed by atoms with Gasteiger partial charge in [0.15, 0.2) is 0 Å². The number of anilines is 1. The SMILES string of the molecule is O=C(Nc1nnc(C2CC2)s1)c1cc(OCc2ccccc2)no1. The molecule has 8 heteroatoms. The van der Waals surface area contributed by atoms with Gasteiger partial charge in [-0.2, -0.15) is 0 Å². The molecule has 2 aromatic heterocycles. The van der Waals surface area contributed by atoms with Crippen molar-refractivity contribution in [3.63, 3.8) is 0 Å². The minimum atomic E-state index is -0.421. The van der Waals surface area contributed by atoms with Crippen LogP contribution in [0.2, 0.25) is 0 Å². The van der Waals surface area contributed by atoms with E-state index in [9.17, 15) is 4.79 Å². The molecule has 0 saturated heterocycles. The van der Waals surface area contributed by atoms with Crippen molar-refractivity contribution < 1.29 is 14.1 Å². The van der Waals surface area contributed by atoms with Gasteiger partial charge in [-0.3, -0.25) is 10.1 Å². The summed E-state index contributed by atoms with van der Waals surface area (Å²) in [6, 6.07) is 11.1. The lowest BCUT2D eigenvalue weighted by Gasteiger charge is -2.00. The third-order valence-electron chi connectivity index (χ3n) is 3.53. The minimum Gasteiger partial charge on any atom is -0.471 e. The van der Waals surface area contributed by atoms with Gasteiger partial charge in [-0.1, -0.05) is 41.7 Å². The van der Waals surface area contributed by atoms with Gasteiger partial charge in [0.2, 0.25) is 10.9 Å². The Kier molecular flexibility index (Phi) is 3.96. The highest BCUT2D eigenvalue weighted by molar-refractivity contribution is 7.15. The van der Waals surface area contributed by atoms with E-state index in [-0.39, 0.29) is 11.6 Å². The molecule has 0 bridgehead atoms. The molecule has 2 heterocycles. The molecule has 1 amide bonds. The monoisotopic (exact) mass is 342 g/mol. The summed E-state index contributed by atoms with van der Waals surface area (Å²) in [6.07, 6.45) is 2.29. The number of nitrogens with zero attached hydrogens (tertiary/aromatic N) is 3. The molecule has 1 aliphatic rings. The number of aromatic nitrogens is 3. The smallest absolute Gasteiger partial charge is 0.296 e. The summed E-state index contributed by atoms with van der Waals surface area (Å²) >= 11 is 1.39. The van der Waals surface area contributed by atoms with Crippen LogP contribution in [0.3, 0.4) is 0 Å². The molecule has 1 aliphatic carbocycles. The maximum atomic E-state index is 12.1. The lowest BCUT2D eigenvalue weighted by Crippen LogP contribution is -2.10. The molecular formula is C16H14N4O3S. The second-order valence-electron chi connectivity index (χ2n) is 5.48. The number of hydrogen-bond donors (Lipinski definition) is 1. The van der Waals surface area contributed by atoms with Crippen LogP contribution < -0.4 is 10.1 Å². The van der Waals surface area contributed by atoms with Gasteiger partial charge >= 0.3 is 0 Å². The lowest BCUT2D eigenvalue weighted by atomic mass is 10.2. The number of ether oxygens (including phenoxy) is 1. The van der Waals surface area contributed by atoms with E-state index in [1.807, 2.05) is 30.3 Å². The zero-order chi connectivity index (χ0) is 16.4. The van der Waals surface area contributed by atoms with Crippen LogP contribution >= 0.6 is 11.3 Å². The van der Waals surface area contributed by atoms with Gasteiger partial charge in [-0.05, 0) is 23.6 Å². The highest BCUT2D eigenvalue weighted by Gasteiger charge is 2.28. The first-order chi connectivity index (χ1) is 11.8. The summed E-state index contributed by atoms with van der Waals surface area (Å²) in [5, 5.41) is 15.9. The number of carbonyl (C=O) groups is 1. The molecule has 3 aromatic rings. The maximum absolute atomic E-state index is 12.1. The van der Waals surface area contributed by atoms with Crippen molar-refractivity contribution in [2.75, 3.05) is 5.32 Å². The first kappa shape index (κ1) is 14.8. The Morgan fingerprint density at radius 3 is 2.92 bits per heavy atom. The van der Waals surface area contributed by atoms with Crippen LogP contribution in [-0.4, -0.2) is 21.3 Å². The van der Waals surface area contributed by atoms with Gasteiger partial charge in [-0.25, -0.2) is 0 Å². The summed E-state index contributed by atoms with van der Waals surface area (Å²) in [7, 11) is 0. The summed E-state index contributed by atoms with van der Waals surface area (Å²) in [4.78, 5) is 12.1. The summed E-state index contributed by atoms with van der Waals surface area (Å²) in [5.41, 5.74) is 1.01. The van der Waals surface area contributed by atoms with Crippen LogP contribution in [0.4, 0.5) is 5.13 Å². The van der Waals surface area contributed by atoms with Crippen molar-refractivity contribution in [2.45, 2.75) is 25.4 Å². The number of hydrogen-bond acceptors (Lipinski definition) is 7. The molecule has 0 spiro atoms. The Labute approximate surface area is 141 Å². The summed E-state index contributed by atoms with van der Waals surface area (Å²) in [5.74, 6) is 0.424. The second-order valence-corrected chi connectivity index (χ2v) is 6.49. The standard InChI is InChI=1S/C16H14N4O3S/c21-14(17-16-19-18-15(24-16)11-6-7-11)12-8-13(20-23-12)22-9-10-4-2-1-3-5-10/h1-5,8,11H,6-7,9H2,(H,17,19,21). The fraction of sp³-hybridized carbons (Fsp3) is 0.250. The van der Waals surface area contributed by atoms with E-state index >= 15 is 0 Å². The molecule has 0 atom stereocenters. The van der Waals surface area contributed by atoms with Crippen LogP contribution in [-0.2, 0) is 6.61 Å². The largest absolute Gasteiger partial charge is 0.471 e. The third kappa shape index (κ3) is 3.43.